The molecule has 0 aliphatic carbocycles. The van der Waals surface area contributed by atoms with Crippen LogP contribution in [0.5, 0.6) is 0 Å². The first-order valence-corrected chi connectivity index (χ1v) is 5.98. The molecule has 0 bridgehead atoms. The normalized spacial score (nSPS) is 11.9. The number of amides is 1. The van der Waals surface area contributed by atoms with E-state index in [1.165, 1.54) is 12.1 Å². The molecule has 0 radical (unpaired) electrons. The smallest absolute Gasteiger partial charge is 0.327 e. The van der Waals surface area contributed by atoms with Gasteiger partial charge in [-0.05, 0) is 34.1 Å². The summed E-state index contributed by atoms with van der Waals surface area (Å²) in [4.78, 5) is 22.4. The molecule has 92 valence electrons. The highest BCUT2D eigenvalue weighted by Crippen LogP contribution is 2.17. The van der Waals surface area contributed by atoms with Crippen molar-refractivity contribution in [2.24, 2.45) is 0 Å². The molecule has 0 heterocycles. The van der Waals surface area contributed by atoms with Crippen molar-refractivity contribution < 1.29 is 19.1 Å². The van der Waals surface area contributed by atoms with E-state index in [-0.39, 0.29) is 11.3 Å². The third kappa shape index (κ3) is 3.71. The van der Waals surface area contributed by atoms with Gasteiger partial charge in [0.1, 0.15) is 11.9 Å². The summed E-state index contributed by atoms with van der Waals surface area (Å²) in [7, 11) is 0. The summed E-state index contributed by atoms with van der Waals surface area (Å²) < 4.78 is 13.3. The monoisotopic (exact) mass is 321 g/mol. The van der Waals surface area contributed by atoms with Gasteiger partial charge in [-0.1, -0.05) is 0 Å². The largest absolute Gasteiger partial charge is 0.480 e. The number of benzene rings is 1. The molecule has 0 aliphatic heterocycles. The van der Waals surface area contributed by atoms with E-state index in [2.05, 4.69) is 33.9 Å². The van der Waals surface area contributed by atoms with E-state index in [0.717, 1.165) is 6.07 Å². The van der Waals surface area contributed by atoms with Crippen LogP contribution in [-0.4, -0.2) is 28.8 Å². The maximum absolute atomic E-state index is 13.0. The molecule has 1 rings (SSSR count). The van der Waals surface area contributed by atoms with Crippen molar-refractivity contribution in [1.29, 1.82) is 0 Å². The molecule has 0 aromatic heterocycles. The molecule has 1 aromatic rings. The van der Waals surface area contributed by atoms with Gasteiger partial charge in [-0.3, -0.25) is 4.79 Å². The minimum atomic E-state index is -1.19. The number of carbonyl (C=O) groups is 2. The fraction of sp³-hybridized carbons (Fsp3) is 0.200. The van der Waals surface area contributed by atoms with E-state index in [9.17, 15) is 14.0 Å². The molecule has 0 saturated carbocycles. The van der Waals surface area contributed by atoms with Crippen LogP contribution in [0.25, 0.3) is 0 Å². The van der Waals surface area contributed by atoms with Gasteiger partial charge in [-0.2, -0.15) is 12.6 Å². The van der Waals surface area contributed by atoms with Gasteiger partial charge in [-0.25, -0.2) is 9.18 Å². The fourth-order valence-corrected chi connectivity index (χ4v) is 1.77. The third-order valence-electron chi connectivity index (χ3n) is 1.96. The number of carboxylic acid groups (broad SMARTS) is 1. The molecule has 0 saturated heterocycles. The number of thiol groups is 1. The maximum Gasteiger partial charge on any atom is 0.327 e. The van der Waals surface area contributed by atoms with Crippen LogP contribution < -0.4 is 5.32 Å². The summed E-state index contributed by atoms with van der Waals surface area (Å²) >= 11 is 6.89. The van der Waals surface area contributed by atoms with Gasteiger partial charge in [-0.15, -0.1) is 0 Å². The number of carboxylic acids is 1. The first kappa shape index (κ1) is 14.0. The molecule has 1 aromatic carbocycles. The second-order valence-electron chi connectivity index (χ2n) is 3.17. The molecule has 0 spiro atoms. The van der Waals surface area contributed by atoms with Crippen LogP contribution in [0.1, 0.15) is 10.4 Å². The summed E-state index contributed by atoms with van der Waals surface area (Å²) in [5.74, 6) is -2.48. The van der Waals surface area contributed by atoms with Gasteiger partial charge >= 0.3 is 5.97 Å². The van der Waals surface area contributed by atoms with E-state index in [1.807, 2.05) is 0 Å². The molecular weight excluding hydrogens is 313 g/mol. The van der Waals surface area contributed by atoms with E-state index in [1.54, 1.807) is 0 Å². The second-order valence-corrected chi connectivity index (χ2v) is 4.39. The van der Waals surface area contributed by atoms with E-state index >= 15 is 0 Å². The van der Waals surface area contributed by atoms with Crippen LogP contribution in [-0.2, 0) is 4.79 Å². The number of aliphatic carboxylic acids is 1. The van der Waals surface area contributed by atoms with Gasteiger partial charge in [0.2, 0.25) is 0 Å². The quantitative estimate of drug-likeness (QED) is 0.739. The lowest BCUT2D eigenvalue weighted by atomic mass is 10.2. The van der Waals surface area contributed by atoms with Crippen LogP contribution in [0.3, 0.4) is 0 Å². The van der Waals surface area contributed by atoms with Crippen LogP contribution >= 0.6 is 28.6 Å². The Morgan fingerprint density at radius 2 is 2.18 bits per heavy atom. The lowest BCUT2D eigenvalue weighted by Crippen LogP contribution is -2.42. The standard InChI is InChI=1S/C10H9BrFNO3S/c11-7-2-1-5(12)3-6(7)9(14)13-8(4-17)10(15)16/h1-3,8,17H,4H2,(H,13,14)(H,15,16). The SMILES string of the molecule is O=C(NC(CS)C(=O)O)c1cc(F)ccc1Br. The average Bonchev–Trinajstić information content (AvgIpc) is 2.28. The lowest BCUT2D eigenvalue weighted by Gasteiger charge is -2.12. The molecule has 0 fully saturated rings. The molecule has 7 heteroatoms. The zero-order chi connectivity index (χ0) is 13.0. The molecular formula is C10H9BrFNO3S. The molecule has 1 atom stereocenters. The third-order valence-corrected chi connectivity index (χ3v) is 3.02. The highest BCUT2D eigenvalue weighted by atomic mass is 79.9. The fourth-order valence-electron chi connectivity index (χ4n) is 1.09. The minimum Gasteiger partial charge on any atom is -0.480 e. The van der Waals surface area contributed by atoms with Gasteiger partial charge in [0.15, 0.2) is 0 Å². The van der Waals surface area contributed by atoms with E-state index in [0.29, 0.717) is 4.47 Å². The summed E-state index contributed by atoms with van der Waals surface area (Å²) in [6.45, 7) is 0. The number of halogens is 2. The van der Waals surface area contributed by atoms with Crippen LogP contribution in [0.15, 0.2) is 22.7 Å². The Labute approximate surface area is 111 Å². The first-order valence-electron chi connectivity index (χ1n) is 4.55. The number of hydrogen-bond acceptors (Lipinski definition) is 3. The van der Waals surface area contributed by atoms with Crippen molar-refractivity contribution >= 4 is 40.4 Å². The molecule has 1 unspecified atom stereocenters. The Hall–Kier alpha value is -1.08. The Balaban J connectivity index is 2.89. The molecule has 1 amide bonds. The maximum atomic E-state index is 13.0. The number of rotatable bonds is 4. The van der Waals surface area contributed by atoms with Crippen molar-refractivity contribution in [3.63, 3.8) is 0 Å². The summed E-state index contributed by atoms with van der Waals surface area (Å²) in [5.41, 5.74) is 0.0398. The van der Waals surface area contributed by atoms with Crippen molar-refractivity contribution in [3.05, 3.63) is 34.1 Å². The van der Waals surface area contributed by atoms with Crippen LogP contribution in [0.4, 0.5) is 4.39 Å². The summed E-state index contributed by atoms with van der Waals surface area (Å²) in [6, 6.07) is 2.48. The Bertz CT molecular complexity index is 455. The van der Waals surface area contributed by atoms with Crippen LogP contribution in [0.2, 0.25) is 0 Å². The van der Waals surface area contributed by atoms with Gasteiger partial charge in [0, 0.05) is 10.2 Å². The van der Waals surface area contributed by atoms with Crippen molar-refractivity contribution in [2.45, 2.75) is 6.04 Å². The molecule has 4 nitrogen and oxygen atoms in total. The zero-order valence-corrected chi connectivity index (χ0v) is 11.0. The zero-order valence-electron chi connectivity index (χ0n) is 8.48. The van der Waals surface area contributed by atoms with Gasteiger partial charge in [0.25, 0.3) is 5.91 Å². The van der Waals surface area contributed by atoms with Crippen molar-refractivity contribution in [3.8, 4) is 0 Å². The predicted molar refractivity (Wildman–Crippen MR) is 66.8 cm³/mol. The lowest BCUT2D eigenvalue weighted by molar-refractivity contribution is -0.138. The second kappa shape index (κ2) is 6.02. The molecule has 0 aliphatic rings. The minimum absolute atomic E-state index is 0.0398. The van der Waals surface area contributed by atoms with E-state index in [4.69, 9.17) is 5.11 Å². The highest BCUT2D eigenvalue weighted by Gasteiger charge is 2.20. The van der Waals surface area contributed by atoms with Crippen molar-refractivity contribution in [2.75, 3.05) is 5.75 Å². The predicted octanol–water partition coefficient (Wildman–Crippen LogP) is 1.70. The summed E-state index contributed by atoms with van der Waals surface area (Å²) in [5, 5.41) is 11.0. The Morgan fingerprint density at radius 3 is 2.71 bits per heavy atom. The van der Waals surface area contributed by atoms with Gasteiger partial charge < -0.3 is 10.4 Å². The molecule has 17 heavy (non-hydrogen) atoms. The molecule has 2 N–H and O–H groups in total. The number of carbonyl (C=O) groups excluding carboxylic acids is 1. The van der Waals surface area contributed by atoms with Gasteiger partial charge in [0.05, 0.1) is 5.56 Å². The number of nitrogens with one attached hydrogen (secondary N) is 1. The van der Waals surface area contributed by atoms with E-state index < -0.39 is 23.7 Å². The highest BCUT2D eigenvalue weighted by molar-refractivity contribution is 9.10. The Kier molecular flexibility index (Phi) is 4.95. The average molecular weight is 322 g/mol. The number of hydrogen-bond donors (Lipinski definition) is 3. The van der Waals surface area contributed by atoms with Crippen molar-refractivity contribution in [1.82, 2.24) is 5.32 Å². The Morgan fingerprint density at radius 1 is 1.53 bits per heavy atom. The topological polar surface area (TPSA) is 66.4 Å². The summed E-state index contributed by atoms with van der Waals surface area (Å²) in [6.07, 6.45) is 0. The first-order chi connectivity index (χ1) is 7.95. The van der Waals surface area contributed by atoms with Crippen LogP contribution in [0, 0.1) is 5.82 Å².